The third kappa shape index (κ3) is 6.42. The summed E-state index contributed by atoms with van der Waals surface area (Å²) in [7, 11) is 0.144. The summed E-state index contributed by atoms with van der Waals surface area (Å²) in [6.07, 6.45) is 3.97. The van der Waals surface area contributed by atoms with Crippen molar-refractivity contribution in [1.82, 2.24) is 24.8 Å². The van der Waals surface area contributed by atoms with Crippen molar-refractivity contribution in [2.75, 3.05) is 39.0 Å². The highest BCUT2D eigenvalue weighted by molar-refractivity contribution is 7.91. The largest absolute Gasteiger partial charge is 0.324 e. The fourth-order valence-electron chi connectivity index (χ4n) is 5.58. The van der Waals surface area contributed by atoms with Crippen molar-refractivity contribution in [3.05, 3.63) is 107 Å². The number of nitrogens with one attached hydrogen (secondary N) is 2. The number of fused-ring (bicyclic) bond motifs is 1. The van der Waals surface area contributed by atoms with E-state index in [2.05, 4.69) is 27.8 Å². The molecule has 1 aliphatic rings. The summed E-state index contributed by atoms with van der Waals surface area (Å²) in [6.45, 7) is 3.18. The van der Waals surface area contributed by atoms with Crippen molar-refractivity contribution >= 4 is 32.5 Å². The number of nitrogens with zero attached hydrogens (tertiary/aromatic N) is 4. The third-order valence-corrected chi connectivity index (χ3v) is 9.77. The summed E-state index contributed by atoms with van der Waals surface area (Å²) in [4.78, 5) is 25.6. The average molecular weight is 609 g/mol. The van der Waals surface area contributed by atoms with Gasteiger partial charge in [0.25, 0.3) is 5.56 Å². The molecule has 3 aromatic carbocycles. The number of sulfone groups is 1. The summed E-state index contributed by atoms with van der Waals surface area (Å²) < 4.78 is 28.3. The van der Waals surface area contributed by atoms with E-state index in [0.717, 1.165) is 25.2 Å². The molecule has 0 aliphatic carbocycles. The van der Waals surface area contributed by atoms with Gasteiger partial charge in [-0.1, -0.05) is 42.5 Å². The van der Waals surface area contributed by atoms with Crippen molar-refractivity contribution in [1.29, 1.82) is 0 Å². The van der Waals surface area contributed by atoms with Crippen LogP contribution in [0.1, 0.15) is 12.0 Å². The first-order valence-electron chi connectivity index (χ1n) is 14.8. The Balaban J connectivity index is 1.34. The number of hydrogen-bond donors (Lipinski definition) is 2. The summed E-state index contributed by atoms with van der Waals surface area (Å²) in [5.74, 6) is 1.07. The predicted octanol–water partition coefficient (Wildman–Crippen LogP) is 4.75. The van der Waals surface area contributed by atoms with Crippen molar-refractivity contribution in [3.63, 3.8) is 0 Å². The van der Waals surface area contributed by atoms with E-state index in [9.17, 15) is 13.2 Å². The van der Waals surface area contributed by atoms with E-state index in [1.807, 2.05) is 31.1 Å². The maximum Gasteiger partial charge on any atom is 0.260 e. The molecule has 44 heavy (non-hydrogen) atoms. The molecule has 1 atom stereocenters. The molecule has 10 heteroatoms. The Morgan fingerprint density at radius 1 is 0.977 bits per heavy atom. The van der Waals surface area contributed by atoms with E-state index >= 15 is 0 Å². The SMILES string of the molecule is CN(C)CCn1c(=O)c(-c2cccc(S(=O)(=O)c3ccccc3)c2)cc2cnc(Nc3ccc(CC4CCNC4)cc3)nc21. The molecule has 1 fully saturated rings. The second kappa shape index (κ2) is 12.7. The second-order valence-corrected chi connectivity index (χ2v) is 13.5. The van der Waals surface area contributed by atoms with Crippen molar-refractivity contribution in [2.24, 2.45) is 5.92 Å². The minimum Gasteiger partial charge on any atom is -0.324 e. The molecular weight excluding hydrogens is 572 g/mol. The topological polar surface area (TPSA) is 109 Å². The van der Waals surface area contributed by atoms with Gasteiger partial charge in [0.15, 0.2) is 0 Å². The van der Waals surface area contributed by atoms with Gasteiger partial charge in [0, 0.05) is 35.9 Å². The van der Waals surface area contributed by atoms with Gasteiger partial charge in [-0.2, -0.15) is 4.98 Å². The van der Waals surface area contributed by atoms with Crippen molar-refractivity contribution < 1.29 is 8.42 Å². The quantitative estimate of drug-likeness (QED) is 0.234. The van der Waals surface area contributed by atoms with Gasteiger partial charge in [0.05, 0.1) is 9.79 Å². The van der Waals surface area contributed by atoms with E-state index in [1.165, 1.54) is 12.0 Å². The minimum absolute atomic E-state index is 0.127. The lowest BCUT2D eigenvalue weighted by Crippen LogP contribution is -2.28. The highest BCUT2D eigenvalue weighted by atomic mass is 32.2. The van der Waals surface area contributed by atoms with Crippen molar-refractivity contribution in [3.8, 4) is 11.1 Å². The fraction of sp³-hybridized carbons (Fsp3) is 0.265. The zero-order valence-electron chi connectivity index (χ0n) is 24.9. The molecule has 0 spiro atoms. The van der Waals surface area contributed by atoms with Crippen molar-refractivity contribution in [2.45, 2.75) is 29.2 Å². The van der Waals surface area contributed by atoms with Gasteiger partial charge in [-0.05, 0) is 99.5 Å². The molecule has 5 aromatic rings. The highest BCUT2D eigenvalue weighted by Gasteiger charge is 2.20. The summed E-state index contributed by atoms with van der Waals surface area (Å²) in [6, 6.07) is 24.9. The fourth-order valence-corrected chi connectivity index (χ4v) is 6.90. The van der Waals surface area contributed by atoms with Gasteiger partial charge in [-0.3, -0.25) is 9.36 Å². The Morgan fingerprint density at radius 2 is 1.75 bits per heavy atom. The van der Waals surface area contributed by atoms with Crippen LogP contribution in [0.5, 0.6) is 0 Å². The molecule has 2 N–H and O–H groups in total. The zero-order chi connectivity index (χ0) is 30.7. The monoisotopic (exact) mass is 608 g/mol. The molecule has 0 saturated carbocycles. The minimum atomic E-state index is -3.75. The van der Waals surface area contributed by atoms with E-state index in [0.29, 0.717) is 47.1 Å². The number of benzene rings is 3. The molecule has 0 amide bonds. The molecule has 1 saturated heterocycles. The lowest BCUT2D eigenvalue weighted by atomic mass is 9.99. The van der Waals surface area contributed by atoms with Crippen LogP contribution in [0.4, 0.5) is 11.6 Å². The second-order valence-electron chi connectivity index (χ2n) is 11.5. The van der Waals surface area contributed by atoms with E-state index < -0.39 is 9.84 Å². The number of pyridine rings is 1. The molecule has 1 unspecified atom stereocenters. The smallest absolute Gasteiger partial charge is 0.260 e. The predicted molar refractivity (Wildman–Crippen MR) is 174 cm³/mol. The van der Waals surface area contributed by atoms with Crippen LogP contribution in [0.2, 0.25) is 0 Å². The summed E-state index contributed by atoms with van der Waals surface area (Å²) >= 11 is 0. The van der Waals surface area contributed by atoms with Crippen LogP contribution in [0.15, 0.2) is 106 Å². The highest BCUT2D eigenvalue weighted by Crippen LogP contribution is 2.27. The van der Waals surface area contributed by atoms with Crippen LogP contribution < -0.4 is 16.2 Å². The Hall–Kier alpha value is -4.38. The first-order chi connectivity index (χ1) is 21.3. The molecule has 0 radical (unpaired) electrons. The number of rotatable bonds is 10. The molecule has 2 aromatic heterocycles. The lowest BCUT2D eigenvalue weighted by molar-refractivity contribution is 0.384. The Labute approximate surface area is 257 Å². The third-order valence-electron chi connectivity index (χ3n) is 8.00. The standard InChI is InChI=1S/C34H36N6O3S/c1-39(2)17-18-40-32-27(23-36-34(38-32)37-28-13-11-24(12-14-28)19-25-15-16-35-22-25)21-31(33(40)41)26-7-6-10-30(20-26)44(42,43)29-8-4-3-5-9-29/h3-14,20-21,23,25,35H,15-19,22H2,1-2H3,(H,36,37,38). The lowest BCUT2D eigenvalue weighted by Gasteiger charge is -2.16. The number of likely N-dealkylation sites (N-methyl/N-ethyl adjacent to an activating group) is 1. The van der Waals surface area contributed by atoms with Crippen LogP contribution >= 0.6 is 0 Å². The zero-order valence-corrected chi connectivity index (χ0v) is 25.7. The Bertz CT molecular complexity index is 1930. The summed E-state index contributed by atoms with van der Waals surface area (Å²) in [5.41, 5.74) is 3.34. The van der Waals surface area contributed by atoms with Crippen LogP contribution in [0.3, 0.4) is 0 Å². The van der Waals surface area contributed by atoms with Gasteiger partial charge >= 0.3 is 0 Å². The normalized spacial score (nSPS) is 15.2. The molecule has 3 heterocycles. The van der Waals surface area contributed by atoms with Gasteiger partial charge in [0.2, 0.25) is 15.8 Å². The Kier molecular flexibility index (Phi) is 8.56. The van der Waals surface area contributed by atoms with Gasteiger partial charge in [-0.15, -0.1) is 0 Å². The van der Waals surface area contributed by atoms with Crippen LogP contribution in [-0.4, -0.2) is 61.6 Å². The number of hydrogen-bond acceptors (Lipinski definition) is 8. The number of anilines is 2. The van der Waals surface area contributed by atoms with E-state index in [4.69, 9.17) is 4.98 Å². The van der Waals surface area contributed by atoms with Gasteiger partial charge < -0.3 is 15.5 Å². The van der Waals surface area contributed by atoms with E-state index in [1.54, 1.807) is 71.4 Å². The summed E-state index contributed by atoms with van der Waals surface area (Å²) in [5, 5.41) is 7.39. The maximum atomic E-state index is 14.0. The molecule has 9 nitrogen and oxygen atoms in total. The number of aromatic nitrogens is 3. The maximum absolute atomic E-state index is 14.0. The Morgan fingerprint density at radius 3 is 2.48 bits per heavy atom. The van der Waals surface area contributed by atoms with Gasteiger partial charge in [0.1, 0.15) is 5.65 Å². The molecule has 1 aliphatic heterocycles. The molecule has 226 valence electrons. The van der Waals surface area contributed by atoms with Crippen LogP contribution in [0.25, 0.3) is 22.2 Å². The van der Waals surface area contributed by atoms with Crippen LogP contribution in [-0.2, 0) is 22.8 Å². The average Bonchev–Trinajstić information content (AvgIpc) is 3.55. The van der Waals surface area contributed by atoms with E-state index in [-0.39, 0.29) is 15.4 Å². The molecular formula is C34H36N6O3S. The van der Waals surface area contributed by atoms with Gasteiger partial charge in [-0.25, -0.2) is 13.4 Å². The molecule has 0 bridgehead atoms. The first kappa shape index (κ1) is 29.7. The first-order valence-corrected chi connectivity index (χ1v) is 16.3. The van der Waals surface area contributed by atoms with Crippen LogP contribution in [0, 0.1) is 5.92 Å². The molecule has 6 rings (SSSR count).